The van der Waals surface area contributed by atoms with Crippen molar-refractivity contribution >= 4 is 0 Å². The fourth-order valence-corrected chi connectivity index (χ4v) is 1.40. The van der Waals surface area contributed by atoms with Crippen LogP contribution >= 0.6 is 0 Å². The summed E-state index contributed by atoms with van der Waals surface area (Å²) in [5.74, 6) is 0. The number of aromatic nitrogens is 2. The first-order valence-corrected chi connectivity index (χ1v) is 3.61. The fraction of sp³-hybridized carbons (Fsp3) is 0.571. The van der Waals surface area contributed by atoms with Crippen molar-refractivity contribution in [3.05, 3.63) is 17.7 Å². The van der Waals surface area contributed by atoms with Gasteiger partial charge in [0, 0.05) is 13.0 Å². The molecule has 2 heterocycles. The summed E-state index contributed by atoms with van der Waals surface area (Å²) < 4.78 is 0. The van der Waals surface area contributed by atoms with Crippen molar-refractivity contribution in [1.82, 2.24) is 9.88 Å². The average Bonchev–Trinajstić information content (AvgIpc) is 2.33. The van der Waals surface area contributed by atoms with Crippen LogP contribution in [0.4, 0.5) is 0 Å². The van der Waals surface area contributed by atoms with E-state index in [9.17, 15) is 0 Å². The number of hydrogen-bond acceptors (Lipinski definition) is 1. The lowest BCUT2D eigenvalue weighted by Crippen LogP contribution is -2.28. The minimum atomic E-state index is 1.05. The van der Waals surface area contributed by atoms with E-state index in [-0.39, 0.29) is 0 Å². The standard InChI is InChI=1S/C7H11N3/c1-10-3-2-6-7(4-10)9-5-8-6/h5H,2-4H2,1H3,(H,8,9)/p+1. The number of rotatable bonds is 0. The Morgan fingerprint density at radius 2 is 2.60 bits per heavy atom. The van der Waals surface area contributed by atoms with E-state index in [4.69, 9.17) is 0 Å². The van der Waals surface area contributed by atoms with Gasteiger partial charge >= 0.3 is 0 Å². The maximum Gasteiger partial charge on any atom is 0.239 e. The molecule has 1 aliphatic heterocycles. The van der Waals surface area contributed by atoms with Crippen molar-refractivity contribution in [3.8, 4) is 0 Å². The van der Waals surface area contributed by atoms with E-state index in [2.05, 4.69) is 21.9 Å². The molecule has 2 rings (SSSR count). The number of nitrogens with zero attached hydrogens (tertiary/aromatic N) is 1. The first-order valence-electron chi connectivity index (χ1n) is 3.61. The lowest BCUT2D eigenvalue weighted by molar-refractivity contribution is -0.388. The Morgan fingerprint density at radius 3 is 3.50 bits per heavy atom. The highest BCUT2D eigenvalue weighted by Crippen LogP contribution is 2.09. The van der Waals surface area contributed by atoms with Gasteiger partial charge in [0.25, 0.3) is 0 Å². The molecule has 0 saturated carbocycles. The highest BCUT2D eigenvalue weighted by atomic mass is 15.1. The van der Waals surface area contributed by atoms with Crippen LogP contribution in [0.1, 0.15) is 11.4 Å². The monoisotopic (exact) mass is 138 g/mol. The van der Waals surface area contributed by atoms with Crippen molar-refractivity contribution in [1.29, 1.82) is 0 Å². The van der Waals surface area contributed by atoms with Gasteiger partial charge in [-0.15, -0.1) is 0 Å². The van der Waals surface area contributed by atoms with Gasteiger partial charge in [-0.05, 0) is 7.05 Å². The zero-order valence-electron chi connectivity index (χ0n) is 6.15. The van der Waals surface area contributed by atoms with Gasteiger partial charge in [0.1, 0.15) is 5.69 Å². The number of aromatic amines is 2. The van der Waals surface area contributed by atoms with Crippen LogP contribution in [-0.4, -0.2) is 23.5 Å². The molecular formula is C7H12N3+. The molecule has 1 aliphatic rings. The molecule has 0 atom stereocenters. The van der Waals surface area contributed by atoms with Crippen LogP contribution in [0.25, 0.3) is 0 Å². The minimum Gasteiger partial charge on any atom is -0.298 e. The SMILES string of the molecule is CN1CCc2[nH+]c[nH]c2C1. The third-order valence-corrected chi connectivity index (χ3v) is 2.03. The number of nitrogens with one attached hydrogen (secondary N) is 2. The van der Waals surface area contributed by atoms with E-state index >= 15 is 0 Å². The summed E-state index contributed by atoms with van der Waals surface area (Å²) in [6.45, 7) is 2.22. The molecule has 0 radical (unpaired) electrons. The van der Waals surface area contributed by atoms with Gasteiger partial charge in [-0.25, -0.2) is 9.97 Å². The summed E-state index contributed by atoms with van der Waals surface area (Å²) in [7, 11) is 2.14. The molecule has 10 heavy (non-hydrogen) atoms. The molecular weight excluding hydrogens is 126 g/mol. The third-order valence-electron chi connectivity index (χ3n) is 2.03. The molecule has 54 valence electrons. The number of H-pyrrole nitrogens is 2. The van der Waals surface area contributed by atoms with Crippen molar-refractivity contribution in [2.75, 3.05) is 13.6 Å². The second-order valence-electron chi connectivity index (χ2n) is 2.88. The summed E-state index contributed by atoms with van der Waals surface area (Å²) in [4.78, 5) is 8.70. The number of imidazole rings is 1. The molecule has 3 nitrogen and oxygen atoms in total. The zero-order chi connectivity index (χ0) is 6.97. The lowest BCUT2D eigenvalue weighted by atomic mass is 10.2. The van der Waals surface area contributed by atoms with Crippen LogP contribution in [0.2, 0.25) is 0 Å². The van der Waals surface area contributed by atoms with Crippen LogP contribution in [0.3, 0.4) is 0 Å². The average molecular weight is 138 g/mol. The van der Waals surface area contributed by atoms with Crippen LogP contribution < -0.4 is 4.98 Å². The quantitative estimate of drug-likeness (QED) is 0.530. The number of likely N-dealkylation sites (N-methyl/N-ethyl adjacent to an activating group) is 1. The fourth-order valence-electron chi connectivity index (χ4n) is 1.40. The number of hydrogen-bond donors (Lipinski definition) is 1. The largest absolute Gasteiger partial charge is 0.298 e. The molecule has 1 aromatic rings. The smallest absolute Gasteiger partial charge is 0.239 e. The van der Waals surface area contributed by atoms with Crippen molar-refractivity contribution in [3.63, 3.8) is 0 Å². The summed E-state index contributed by atoms with van der Waals surface area (Å²) in [5.41, 5.74) is 2.71. The predicted molar refractivity (Wildman–Crippen MR) is 37.4 cm³/mol. The predicted octanol–water partition coefficient (Wildman–Crippen LogP) is -0.183. The van der Waals surface area contributed by atoms with E-state index in [0.717, 1.165) is 13.0 Å². The van der Waals surface area contributed by atoms with E-state index in [0.29, 0.717) is 0 Å². The molecule has 0 aromatic carbocycles. The molecule has 0 saturated heterocycles. The summed E-state index contributed by atoms with van der Waals surface area (Å²) in [6.07, 6.45) is 3.05. The molecule has 1 aromatic heterocycles. The molecule has 0 bridgehead atoms. The van der Waals surface area contributed by atoms with Gasteiger partial charge in [-0.2, -0.15) is 0 Å². The highest BCUT2D eigenvalue weighted by Gasteiger charge is 2.18. The normalized spacial score (nSPS) is 18.9. The van der Waals surface area contributed by atoms with Crippen LogP contribution in [0.5, 0.6) is 0 Å². The van der Waals surface area contributed by atoms with Gasteiger partial charge in [-0.3, -0.25) is 4.90 Å². The molecule has 0 unspecified atom stereocenters. The van der Waals surface area contributed by atoms with Crippen LogP contribution in [-0.2, 0) is 13.0 Å². The Kier molecular flexibility index (Phi) is 1.24. The molecule has 3 heteroatoms. The topological polar surface area (TPSA) is 33.2 Å². The van der Waals surface area contributed by atoms with E-state index in [1.807, 2.05) is 6.33 Å². The summed E-state index contributed by atoms with van der Waals surface area (Å²) >= 11 is 0. The molecule has 0 aliphatic carbocycles. The Labute approximate surface area is 60.1 Å². The van der Waals surface area contributed by atoms with Crippen molar-refractivity contribution in [2.45, 2.75) is 13.0 Å². The summed E-state index contributed by atoms with van der Waals surface area (Å²) in [6, 6.07) is 0. The minimum absolute atomic E-state index is 1.05. The molecule has 0 spiro atoms. The van der Waals surface area contributed by atoms with E-state index in [1.165, 1.54) is 17.9 Å². The van der Waals surface area contributed by atoms with Crippen molar-refractivity contribution in [2.24, 2.45) is 0 Å². The lowest BCUT2D eigenvalue weighted by Gasteiger charge is -2.17. The molecule has 2 N–H and O–H groups in total. The van der Waals surface area contributed by atoms with Crippen LogP contribution in [0, 0.1) is 0 Å². The van der Waals surface area contributed by atoms with E-state index < -0.39 is 0 Å². The van der Waals surface area contributed by atoms with Gasteiger partial charge in [-0.1, -0.05) is 0 Å². The second-order valence-corrected chi connectivity index (χ2v) is 2.88. The Hall–Kier alpha value is -0.830. The first kappa shape index (κ1) is 5.92. The zero-order valence-corrected chi connectivity index (χ0v) is 6.15. The first-order chi connectivity index (χ1) is 4.86. The van der Waals surface area contributed by atoms with Gasteiger partial charge in [0.15, 0.2) is 5.69 Å². The van der Waals surface area contributed by atoms with Gasteiger partial charge < -0.3 is 0 Å². The van der Waals surface area contributed by atoms with Crippen LogP contribution in [0.15, 0.2) is 6.33 Å². The van der Waals surface area contributed by atoms with E-state index in [1.54, 1.807) is 0 Å². The van der Waals surface area contributed by atoms with Gasteiger partial charge in [0.05, 0.1) is 6.54 Å². The second kappa shape index (κ2) is 2.09. The summed E-state index contributed by atoms with van der Waals surface area (Å²) in [5, 5.41) is 0. The molecule has 0 fully saturated rings. The van der Waals surface area contributed by atoms with Gasteiger partial charge in [0.2, 0.25) is 6.33 Å². The number of fused-ring (bicyclic) bond motifs is 1. The Morgan fingerprint density at radius 1 is 1.70 bits per heavy atom. The van der Waals surface area contributed by atoms with Crippen molar-refractivity contribution < 1.29 is 4.98 Å². The Bertz CT molecular complexity index is 229. The maximum atomic E-state index is 3.20. The Balaban J connectivity index is 2.30. The highest BCUT2D eigenvalue weighted by molar-refractivity contribution is 5.08. The maximum absolute atomic E-state index is 3.20. The molecule has 0 amide bonds. The third kappa shape index (κ3) is 0.827.